The summed E-state index contributed by atoms with van der Waals surface area (Å²) in [4.78, 5) is 19.0. The zero-order chi connectivity index (χ0) is 13.1. The van der Waals surface area contributed by atoms with Crippen molar-refractivity contribution in [3.63, 3.8) is 0 Å². The van der Waals surface area contributed by atoms with Gasteiger partial charge in [-0.1, -0.05) is 0 Å². The molecule has 0 fully saturated rings. The van der Waals surface area contributed by atoms with Crippen LogP contribution >= 0.6 is 0 Å². The number of carbonyl (C=O) groups is 1. The lowest BCUT2D eigenvalue weighted by molar-refractivity contribution is -0.132. The van der Waals surface area contributed by atoms with Gasteiger partial charge in [0, 0.05) is 26.0 Å². The van der Waals surface area contributed by atoms with Crippen LogP contribution in [0.5, 0.6) is 0 Å². The van der Waals surface area contributed by atoms with Crippen molar-refractivity contribution < 1.29 is 23.1 Å². The normalized spacial score (nSPS) is 11.3. The number of anilines is 1. The summed E-state index contributed by atoms with van der Waals surface area (Å²) in [5, 5.41) is 8.58. The topological polar surface area (TPSA) is 66.3 Å². The molecule has 5 nitrogen and oxygen atoms in total. The molecule has 0 unspecified atom stereocenters. The molecule has 1 N–H and O–H groups in total. The van der Waals surface area contributed by atoms with Crippen LogP contribution in [0.4, 0.5) is 19.1 Å². The third kappa shape index (κ3) is 4.25. The molecular formula is C9H10F3N3O2. The van der Waals surface area contributed by atoms with Crippen LogP contribution in [0.15, 0.2) is 12.4 Å². The van der Waals surface area contributed by atoms with Crippen LogP contribution in [-0.4, -0.2) is 40.8 Å². The van der Waals surface area contributed by atoms with Gasteiger partial charge in [-0.25, -0.2) is 14.8 Å². The lowest BCUT2D eigenvalue weighted by atomic mass is 10.3. The molecule has 1 heterocycles. The Bertz CT molecular complexity index is 391. The molecule has 0 saturated heterocycles. The van der Waals surface area contributed by atoms with Gasteiger partial charge in [0.15, 0.2) is 0 Å². The Hall–Kier alpha value is -1.86. The highest BCUT2D eigenvalue weighted by Crippen LogP contribution is 2.20. The quantitative estimate of drug-likeness (QED) is 0.877. The van der Waals surface area contributed by atoms with E-state index in [2.05, 4.69) is 9.97 Å². The lowest BCUT2D eigenvalue weighted by Crippen LogP contribution is -2.25. The van der Waals surface area contributed by atoms with E-state index >= 15 is 0 Å². The van der Waals surface area contributed by atoms with Crippen LogP contribution in [0.25, 0.3) is 0 Å². The smallest absolute Gasteiger partial charge is 0.390 e. The van der Waals surface area contributed by atoms with Crippen molar-refractivity contribution in [2.75, 3.05) is 18.5 Å². The summed E-state index contributed by atoms with van der Waals surface area (Å²) in [5.41, 5.74) is -0.113. The second-order valence-electron chi connectivity index (χ2n) is 3.36. The first-order valence-electron chi connectivity index (χ1n) is 4.63. The predicted octanol–water partition coefficient (Wildman–Crippen LogP) is 1.56. The molecule has 1 aromatic rings. The van der Waals surface area contributed by atoms with Gasteiger partial charge in [0.25, 0.3) is 0 Å². The van der Waals surface area contributed by atoms with E-state index < -0.39 is 18.6 Å². The first-order chi connectivity index (χ1) is 7.79. The molecule has 8 heteroatoms. The van der Waals surface area contributed by atoms with Crippen molar-refractivity contribution in [3.05, 3.63) is 18.0 Å². The van der Waals surface area contributed by atoms with Crippen molar-refractivity contribution in [3.8, 4) is 0 Å². The SMILES string of the molecule is CN(CCC(F)(F)F)c1ncc(C(=O)O)cn1. The van der Waals surface area contributed by atoms with Crippen molar-refractivity contribution in [2.45, 2.75) is 12.6 Å². The number of nitrogens with zero attached hydrogens (tertiary/aromatic N) is 3. The van der Waals surface area contributed by atoms with E-state index in [1.165, 1.54) is 11.9 Å². The third-order valence-electron chi connectivity index (χ3n) is 1.96. The summed E-state index contributed by atoms with van der Waals surface area (Å²) >= 11 is 0. The first kappa shape index (κ1) is 13.2. The van der Waals surface area contributed by atoms with E-state index in [1.54, 1.807) is 0 Å². The molecule has 0 bridgehead atoms. The van der Waals surface area contributed by atoms with Gasteiger partial charge in [-0.05, 0) is 0 Å². The first-order valence-corrected chi connectivity index (χ1v) is 4.63. The van der Waals surface area contributed by atoms with E-state index in [0.29, 0.717) is 0 Å². The summed E-state index contributed by atoms with van der Waals surface area (Å²) in [7, 11) is 1.40. The van der Waals surface area contributed by atoms with Gasteiger partial charge in [-0.3, -0.25) is 0 Å². The predicted molar refractivity (Wildman–Crippen MR) is 52.9 cm³/mol. The van der Waals surface area contributed by atoms with Crippen molar-refractivity contribution in [2.24, 2.45) is 0 Å². The van der Waals surface area contributed by atoms with E-state index in [1.807, 2.05) is 0 Å². The zero-order valence-corrected chi connectivity index (χ0v) is 8.90. The molecule has 1 aromatic heterocycles. The van der Waals surface area contributed by atoms with Gasteiger partial charge >= 0.3 is 12.1 Å². The molecule has 0 aliphatic carbocycles. The zero-order valence-electron chi connectivity index (χ0n) is 8.90. The van der Waals surface area contributed by atoms with Gasteiger partial charge in [0.1, 0.15) is 0 Å². The molecule has 0 spiro atoms. The number of carboxylic acids is 1. The average molecular weight is 249 g/mol. The summed E-state index contributed by atoms with van der Waals surface area (Å²) < 4.78 is 35.9. The number of halogens is 3. The van der Waals surface area contributed by atoms with Gasteiger partial charge in [0.05, 0.1) is 12.0 Å². The van der Waals surface area contributed by atoms with Gasteiger partial charge in [-0.15, -0.1) is 0 Å². The monoisotopic (exact) mass is 249 g/mol. The molecule has 0 saturated carbocycles. The summed E-state index contributed by atoms with van der Waals surface area (Å²) in [6.07, 6.45) is -3.12. The third-order valence-corrected chi connectivity index (χ3v) is 1.96. The number of hydrogen-bond donors (Lipinski definition) is 1. The molecular weight excluding hydrogens is 239 g/mol. The van der Waals surface area contributed by atoms with Crippen LogP contribution < -0.4 is 4.90 Å². The maximum atomic E-state index is 12.0. The summed E-state index contributed by atoms with van der Waals surface area (Å²) in [6, 6.07) is 0. The molecule has 0 aliphatic rings. The lowest BCUT2D eigenvalue weighted by Gasteiger charge is -2.17. The molecule has 1 rings (SSSR count). The highest BCUT2D eigenvalue weighted by molar-refractivity contribution is 5.86. The van der Waals surface area contributed by atoms with Crippen LogP contribution in [0.3, 0.4) is 0 Å². The Morgan fingerprint density at radius 1 is 1.41 bits per heavy atom. The molecule has 94 valence electrons. The van der Waals surface area contributed by atoms with Crippen molar-refractivity contribution in [1.29, 1.82) is 0 Å². The molecule has 0 aromatic carbocycles. The summed E-state index contributed by atoms with van der Waals surface area (Å²) in [6.45, 7) is -0.282. The van der Waals surface area contributed by atoms with Gasteiger partial charge in [0.2, 0.25) is 5.95 Å². The highest BCUT2D eigenvalue weighted by Gasteiger charge is 2.27. The van der Waals surface area contributed by atoms with E-state index in [4.69, 9.17) is 5.11 Å². The standard InChI is InChI=1S/C9H10F3N3O2/c1-15(3-2-9(10,11)12)8-13-4-6(5-14-8)7(16)17/h4-5H,2-3H2,1H3,(H,16,17). The highest BCUT2D eigenvalue weighted by atomic mass is 19.4. The van der Waals surface area contributed by atoms with E-state index in [9.17, 15) is 18.0 Å². The Morgan fingerprint density at radius 2 is 1.94 bits per heavy atom. The maximum absolute atomic E-state index is 12.0. The second-order valence-corrected chi connectivity index (χ2v) is 3.36. The number of alkyl halides is 3. The second kappa shape index (κ2) is 4.98. The summed E-state index contributed by atoms with van der Waals surface area (Å²) in [5.74, 6) is -1.13. The minimum atomic E-state index is -4.24. The van der Waals surface area contributed by atoms with Crippen molar-refractivity contribution in [1.82, 2.24) is 9.97 Å². The van der Waals surface area contributed by atoms with E-state index in [0.717, 1.165) is 12.4 Å². The molecule has 17 heavy (non-hydrogen) atoms. The number of aromatic nitrogens is 2. The van der Waals surface area contributed by atoms with Crippen molar-refractivity contribution >= 4 is 11.9 Å². The van der Waals surface area contributed by atoms with Crippen LogP contribution in [0.2, 0.25) is 0 Å². The fourth-order valence-electron chi connectivity index (χ4n) is 1.02. The van der Waals surface area contributed by atoms with Crippen LogP contribution in [-0.2, 0) is 0 Å². The Balaban J connectivity index is 2.63. The fraction of sp³-hybridized carbons (Fsp3) is 0.444. The number of aromatic carboxylic acids is 1. The minimum Gasteiger partial charge on any atom is -0.478 e. The van der Waals surface area contributed by atoms with Crippen LogP contribution in [0.1, 0.15) is 16.8 Å². The largest absolute Gasteiger partial charge is 0.478 e. The van der Waals surface area contributed by atoms with Gasteiger partial charge < -0.3 is 10.0 Å². The Labute approximate surface area is 94.9 Å². The fourth-order valence-corrected chi connectivity index (χ4v) is 1.02. The number of carboxylic acid groups (broad SMARTS) is 1. The Kier molecular flexibility index (Phi) is 3.87. The van der Waals surface area contributed by atoms with E-state index in [-0.39, 0.29) is 18.1 Å². The molecule has 0 atom stereocenters. The Morgan fingerprint density at radius 3 is 2.35 bits per heavy atom. The maximum Gasteiger partial charge on any atom is 0.390 e. The van der Waals surface area contributed by atoms with Gasteiger partial charge in [-0.2, -0.15) is 13.2 Å². The van der Waals surface area contributed by atoms with Crippen LogP contribution in [0, 0.1) is 0 Å². The molecule has 0 amide bonds. The number of hydrogen-bond acceptors (Lipinski definition) is 4. The molecule has 0 aliphatic heterocycles. The average Bonchev–Trinajstić information content (AvgIpc) is 2.25. The molecule has 0 radical (unpaired) electrons. The minimum absolute atomic E-state index is 0.0549. The number of rotatable bonds is 4.